The van der Waals surface area contributed by atoms with Crippen LogP contribution in [0.1, 0.15) is 29.3 Å². The van der Waals surface area contributed by atoms with Gasteiger partial charge in [-0.2, -0.15) is 0 Å². The molecule has 27 heavy (non-hydrogen) atoms. The highest BCUT2D eigenvalue weighted by Crippen LogP contribution is 2.25. The molecule has 0 aliphatic carbocycles. The van der Waals surface area contributed by atoms with E-state index in [1.165, 1.54) is 11.8 Å². The zero-order valence-corrected chi connectivity index (χ0v) is 17.6. The number of thioether (sulfide) groups is 1. The molecule has 6 nitrogen and oxygen atoms in total. The van der Waals surface area contributed by atoms with Gasteiger partial charge in [0.15, 0.2) is 5.16 Å². The molecule has 1 aromatic carbocycles. The van der Waals surface area contributed by atoms with Gasteiger partial charge in [0.05, 0.1) is 6.04 Å². The molecule has 1 atom stereocenters. The third kappa shape index (κ3) is 5.82. The Morgan fingerprint density at radius 2 is 2.07 bits per heavy atom. The summed E-state index contributed by atoms with van der Waals surface area (Å²) >= 11 is 7.67. The molecule has 0 saturated heterocycles. The Morgan fingerprint density at radius 3 is 2.67 bits per heavy atom. The fraction of sp³-hybridized carbons (Fsp3) is 0.421. The number of hydrogen-bond acceptors (Lipinski definition) is 5. The summed E-state index contributed by atoms with van der Waals surface area (Å²) in [6.07, 6.45) is 2.44. The van der Waals surface area contributed by atoms with Gasteiger partial charge in [-0.1, -0.05) is 41.6 Å². The van der Waals surface area contributed by atoms with Crippen molar-refractivity contribution < 1.29 is 4.79 Å². The van der Waals surface area contributed by atoms with Crippen LogP contribution in [0.2, 0.25) is 5.02 Å². The standard InChI is InChI=1S/C19H25ClN4O2S/c1-12-13(18(26)23-19(22-12)27-4)9-10-17(25)21-11-16(24(2)3)14-7-5-6-8-15(14)20/h5-8,16H,9-11H2,1-4H3,(H,21,25)(H,22,23,26). The lowest BCUT2D eigenvalue weighted by Gasteiger charge is -2.26. The van der Waals surface area contributed by atoms with Gasteiger partial charge in [-0.3, -0.25) is 9.59 Å². The number of carbonyl (C=O) groups is 1. The summed E-state index contributed by atoms with van der Waals surface area (Å²) in [6.45, 7) is 2.23. The van der Waals surface area contributed by atoms with Gasteiger partial charge in [-0.15, -0.1) is 0 Å². The molecule has 1 aromatic heterocycles. The van der Waals surface area contributed by atoms with E-state index in [0.29, 0.717) is 34.4 Å². The lowest BCUT2D eigenvalue weighted by atomic mass is 10.1. The number of rotatable bonds is 8. The Kier molecular flexibility index (Phi) is 7.89. The first-order chi connectivity index (χ1) is 12.8. The van der Waals surface area contributed by atoms with Crippen LogP contribution in [0.4, 0.5) is 0 Å². The minimum atomic E-state index is -0.179. The van der Waals surface area contributed by atoms with Gasteiger partial charge in [-0.25, -0.2) is 4.98 Å². The minimum absolute atomic E-state index is 0.0321. The smallest absolute Gasteiger partial charge is 0.254 e. The predicted molar refractivity (Wildman–Crippen MR) is 111 cm³/mol. The maximum atomic E-state index is 12.3. The monoisotopic (exact) mass is 408 g/mol. The molecule has 0 saturated carbocycles. The molecule has 146 valence electrons. The second kappa shape index (κ2) is 9.92. The first kappa shape index (κ1) is 21.5. The maximum Gasteiger partial charge on any atom is 0.254 e. The summed E-state index contributed by atoms with van der Waals surface area (Å²) in [6, 6.07) is 7.58. The molecule has 2 N–H and O–H groups in total. The van der Waals surface area contributed by atoms with E-state index in [1.807, 2.05) is 49.5 Å². The van der Waals surface area contributed by atoms with Gasteiger partial charge >= 0.3 is 0 Å². The van der Waals surface area contributed by atoms with Crippen molar-refractivity contribution in [2.75, 3.05) is 26.9 Å². The van der Waals surface area contributed by atoms with Crippen LogP contribution >= 0.6 is 23.4 Å². The molecule has 0 spiro atoms. The fourth-order valence-corrected chi connectivity index (χ4v) is 3.51. The van der Waals surface area contributed by atoms with E-state index in [1.54, 1.807) is 6.92 Å². The molecular weight excluding hydrogens is 384 g/mol. The Labute approximate surface area is 168 Å². The van der Waals surface area contributed by atoms with E-state index in [0.717, 1.165) is 5.56 Å². The quantitative estimate of drug-likeness (QED) is 0.518. The van der Waals surface area contributed by atoms with Gasteiger partial charge in [0.1, 0.15) is 0 Å². The van der Waals surface area contributed by atoms with Crippen LogP contribution in [0.25, 0.3) is 0 Å². The highest BCUT2D eigenvalue weighted by molar-refractivity contribution is 7.98. The van der Waals surface area contributed by atoms with Gasteiger partial charge in [0.25, 0.3) is 5.56 Å². The number of halogens is 1. The highest BCUT2D eigenvalue weighted by atomic mass is 35.5. The zero-order chi connectivity index (χ0) is 20.0. The summed E-state index contributed by atoms with van der Waals surface area (Å²) in [4.78, 5) is 33.5. The Bertz CT molecular complexity index is 854. The van der Waals surface area contributed by atoms with Crippen molar-refractivity contribution in [2.45, 2.75) is 31.0 Å². The number of nitrogens with one attached hydrogen (secondary N) is 2. The van der Waals surface area contributed by atoms with Crippen molar-refractivity contribution in [1.29, 1.82) is 0 Å². The Balaban J connectivity index is 1.98. The second-order valence-corrected chi connectivity index (χ2v) is 7.65. The average Bonchev–Trinajstić information content (AvgIpc) is 2.62. The SMILES string of the molecule is CSc1nc(C)c(CCC(=O)NCC(c2ccccc2Cl)N(C)C)c(=O)[nH]1. The lowest BCUT2D eigenvalue weighted by molar-refractivity contribution is -0.121. The first-order valence-electron chi connectivity index (χ1n) is 8.64. The van der Waals surface area contributed by atoms with E-state index in [4.69, 9.17) is 11.6 Å². The number of aromatic amines is 1. The zero-order valence-electron chi connectivity index (χ0n) is 16.0. The van der Waals surface area contributed by atoms with Gasteiger partial charge in [0.2, 0.25) is 5.91 Å². The minimum Gasteiger partial charge on any atom is -0.354 e. The molecular formula is C19H25ClN4O2S. The van der Waals surface area contributed by atoms with Crippen LogP contribution in [0.5, 0.6) is 0 Å². The number of aromatic nitrogens is 2. The topological polar surface area (TPSA) is 78.1 Å². The summed E-state index contributed by atoms with van der Waals surface area (Å²) in [5.41, 5.74) is 2.01. The van der Waals surface area contributed by atoms with Crippen LogP contribution in [-0.4, -0.2) is 47.7 Å². The van der Waals surface area contributed by atoms with Crippen LogP contribution in [0.3, 0.4) is 0 Å². The fourth-order valence-electron chi connectivity index (χ4n) is 2.83. The summed E-state index contributed by atoms with van der Waals surface area (Å²) < 4.78 is 0. The summed E-state index contributed by atoms with van der Waals surface area (Å²) in [5, 5.41) is 4.20. The van der Waals surface area contributed by atoms with Crippen LogP contribution in [0, 0.1) is 6.92 Å². The third-order valence-corrected chi connectivity index (χ3v) is 5.30. The third-order valence-electron chi connectivity index (χ3n) is 4.38. The first-order valence-corrected chi connectivity index (χ1v) is 10.2. The summed E-state index contributed by atoms with van der Waals surface area (Å²) in [5.74, 6) is -0.110. The molecule has 0 bridgehead atoms. The number of carbonyl (C=O) groups excluding carboxylic acids is 1. The molecule has 0 radical (unpaired) electrons. The Hall–Kier alpha value is -1.83. The molecule has 1 heterocycles. The maximum absolute atomic E-state index is 12.3. The number of aryl methyl sites for hydroxylation is 1. The Morgan fingerprint density at radius 1 is 1.37 bits per heavy atom. The van der Waals surface area contributed by atoms with E-state index < -0.39 is 0 Å². The number of nitrogens with zero attached hydrogens (tertiary/aromatic N) is 2. The van der Waals surface area contributed by atoms with Crippen LogP contribution in [0.15, 0.2) is 34.2 Å². The van der Waals surface area contributed by atoms with E-state index >= 15 is 0 Å². The van der Waals surface area contributed by atoms with Crippen molar-refractivity contribution in [3.63, 3.8) is 0 Å². The molecule has 1 unspecified atom stereocenters. The lowest BCUT2D eigenvalue weighted by Crippen LogP contribution is -2.35. The summed E-state index contributed by atoms with van der Waals surface area (Å²) in [7, 11) is 3.89. The van der Waals surface area contributed by atoms with E-state index in [-0.39, 0.29) is 23.9 Å². The number of benzene rings is 1. The molecule has 1 amide bonds. The van der Waals surface area contributed by atoms with E-state index in [9.17, 15) is 9.59 Å². The van der Waals surface area contributed by atoms with Crippen LogP contribution < -0.4 is 10.9 Å². The molecule has 8 heteroatoms. The molecule has 0 aliphatic rings. The molecule has 0 fully saturated rings. The van der Waals surface area contributed by atoms with Crippen LogP contribution in [-0.2, 0) is 11.2 Å². The number of amides is 1. The average molecular weight is 409 g/mol. The van der Waals surface area contributed by atoms with Crippen molar-refractivity contribution in [1.82, 2.24) is 20.2 Å². The van der Waals surface area contributed by atoms with Gasteiger partial charge in [-0.05, 0) is 45.3 Å². The van der Waals surface area contributed by atoms with Crippen molar-refractivity contribution in [2.24, 2.45) is 0 Å². The van der Waals surface area contributed by atoms with Crippen molar-refractivity contribution >= 4 is 29.3 Å². The van der Waals surface area contributed by atoms with Gasteiger partial charge < -0.3 is 15.2 Å². The number of hydrogen-bond donors (Lipinski definition) is 2. The van der Waals surface area contributed by atoms with Crippen molar-refractivity contribution in [3.05, 3.63) is 56.5 Å². The second-order valence-electron chi connectivity index (χ2n) is 6.44. The van der Waals surface area contributed by atoms with Crippen molar-refractivity contribution in [3.8, 4) is 0 Å². The molecule has 2 aromatic rings. The highest BCUT2D eigenvalue weighted by Gasteiger charge is 2.18. The normalized spacial score (nSPS) is 12.2. The predicted octanol–water partition coefficient (Wildman–Crippen LogP) is 2.81. The van der Waals surface area contributed by atoms with Gasteiger partial charge in [0, 0.05) is 29.2 Å². The molecule has 0 aliphatic heterocycles. The largest absolute Gasteiger partial charge is 0.354 e. The van der Waals surface area contributed by atoms with E-state index in [2.05, 4.69) is 15.3 Å². The number of likely N-dealkylation sites (N-methyl/N-ethyl adjacent to an activating group) is 1. The number of H-pyrrole nitrogens is 1. The molecule has 2 rings (SSSR count).